The van der Waals surface area contributed by atoms with Crippen LogP contribution >= 0.6 is 0 Å². The zero-order valence-electron chi connectivity index (χ0n) is 10.5. The van der Waals surface area contributed by atoms with Crippen LogP contribution in [0, 0.1) is 0 Å². The molecule has 0 aliphatic heterocycles. The number of aromatic nitrogens is 1. The third-order valence-corrected chi connectivity index (χ3v) is 2.85. The first-order chi connectivity index (χ1) is 9.25. The summed E-state index contributed by atoms with van der Waals surface area (Å²) in [6.45, 7) is 1.39. The molecule has 0 amide bonds. The van der Waals surface area contributed by atoms with Gasteiger partial charge in [0.15, 0.2) is 0 Å². The molecule has 0 bridgehead atoms. The van der Waals surface area contributed by atoms with E-state index in [1.807, 2.05) is 24.4 Å². The van der Waals surface area contributed by atoms with Crippen LogP contribution in [0.1, 0.15) is 23.1 Å². The molecule has 100 valence electrons. The van der Waals surface area contributed by atoms with Crippen LogP contribution in [0.25, 0.3) is 0 Å². The number of rotatable bonds is 6. The van der Waals surface area contributed by atoms with E-state index < -0.39 is 6.43 Å². The lowest BCUT2D eigenvalue weighted by atomic mass is 10.1. The first kappa shape index (κ1) is 13.6. The molecule has 0 radical (unpaired) electrons. The molecular formula is C15H16F2N2. The minimum Gasteiger partial charge on any atom is -0.312 e. The predicted molar refractivity (Wildman–Crippen MR) is 71.0 cm³/mol. The van der Waals surface area contributed by atoms with Gasteiger partial charge in [-0.25, -0.2) is 8.78 Å². The number of alkyl halides is 2. The van der Waals surface area contributed by atoms with Crippen molar-refractivity contribution in [1.29, 1.82) is 0 Å². The van der Waals surface area contributed by atoms with Gasteiger partial charge >= 0.3 is 0 Å². The molecule has 0 saturated carbocycles. The van der Waals surface area contributed by atoms with Crippen molar-refractivity contribution >= 4 is 0 Å². The maximum Gasteiger partial charge on any atom is 0.263 e. The fourth-order valence-electron chi connectivity index (χ4n) is 1.85. The summed E-state index contributed by atoms with van der Waals surface area (Å²) in [7, 11) is 0. The van der Waals surface area contributed by atoms with E-state index in [1.165, 1.54) is 6.07 Å². The van der Waals surface area contributed by atoms with Gasteiger partial charge in [0.2, 0.25) is 0 Å². The summed E-state index contributed by atoms with van der Waals surface area (Å²) in [6, 6.07) is 10.4. The topological polar surface area (TPSA) is 24.9 Å². The lowest BCUT2D eigenvalue weighted by Gasteiger charge is -2.07. The molecule has 0 atom stereocenters. The summed E-state index contributed by atoms with van der Waals surface area (Å²) in [4.78, 5) is 4.04. The minimum absolute atomic E-state index is 0.0755. The number of hydrogen-bond donors (Lipinski definition) is 1. The molecule has 1 N–H and O–H groups in total. The Hall–Kier alpha value is -1.81. The molecule has 0 aliphatic rings. The van der Waals surface area contributed by atoms with E-state index in [4.69, 9.17) is 0 Å². The van der Waals surface area contributed by atoms with Gasteiger partial charge in [-0.3, -0.25) is 4.98 Å². The Balaban J connectivity index is 1.78. The van der Waals surface area contributed by atoms with Gasteiger partial charge in [-0.1, -0.05) is 24.3 Å². The van der Waals surface area contributed by atoms with Gasteiger partial charge in [0, 0.05) is 24.5 Å². The van der Waals surface area contributed by atoms with Crippen molar-refractivity contribution in [2.24, 2.45) is 0 Å². The van der Waals surface area contributed by atoms with Gasteiger partial charge in [0.1, 0.15) is 0 Å². The monoisotopic (exact) mass is 262 g/mol. The molecule has 4 heteroatoms. The van der Waals surface area contributed by atoms with Gasteiger partial charge in [-0.05, 0) is 36.2 Å². The standard InChI is InChI=1S/C15H16F2N2/c16-15(17)14-5-1-3-13(9-14)11-19-8-6-12-4-2-7-18-10-12/h1-5,7,9-10,15,19H,6,8,11H2. The number of pyridine rings is 1. The van der Waals surface area contributed by atoms with Gasteiger partial charge in [-0.2, -0.15) is 0 Å². The van der Waals surface area contributed by atoms with E-state index in [-0.39, 0.29) is 5.56 Å². The summed E-state index contributed by atoms with van der Waals surface area (Å²) < 4.78 is 25.1. The third-order valence-electron chi connectivity index (χ3n) is 2.85. The van der Waals surface area contributed by atoms with Crippen molar-refractivity contribution < 1.29 is 8.78 Å². The third kappa shape index (κ3) is 4.41. The summed E-state index contributed by atoms with van der Waals surface area (Å²) >= 11 is 0. The average molecular weight is 262 g/mol. The Kier molecular flexibility index (Phi) is 4.98. The van der Waals surface area contributed by atoms with Gasteiger partial charge in [0.25, 0.3) is 6.43 Å². The summed E-state index contributed by atoms with van der Waals surface area (Å²) in [5.41, 5.74) is 2.12. The van der Waals surface area contributed by atoms with Crippen LogP contribution in [0.4, 0.5) is 8.78 Å². The second kappa shape index (κ2) is 6.95. The zero-order chi connectivity index (χ0) is 13.5. The number of nitrogens with zero attached hydrogens (tertiary/aromatic N) is 1. The first-order valence-electron chi connectivity index (χ1n) is 6.22. The normalized spacial score (nSPS) is 10.9. The largest absolute Gasteiger partial charge is 0.312 e. The molecule has 0 unspecified atom stereocenters. The van der Waals surface area contributed by atoms with E-state index in [9.17, 15) is 8.78 Å². The van der Waals surface area contributed by atoms with Crippen LogP contribution in [-0.4, -0.2) is 11.5 Å². The van der Waals surface area contributed by atoms with Crippen LogP contribution in [0.5, 0.6) is 0 Å². The van der Waals surface area contributed by atoms with Gasteiger partial charge in [0.05, 0.1) is 0 Å². The summed E-state index contributed by atoms with van der Waals surface area (Å²) in [6.07, 6.45) is 2.05. The van der Waals surface area contributed by atoms with E-state index >= 15 is 0 Å². The van der Waals surface area contributed by atoms with E-state index in [0.717, 1.165) is 24.1 Å². The molecule has 1 aromatic heterocycles. The van der Waals surface area contributed by atoms with E-state index in [2.05, 4.69) is 10.3 Å². The van der Waals surface area contributed by atoms with Crippen molar-refractivity contribution in [1.82, 2.24) is 10.3 Å². The quantitative estimate of drug-likeness (QED) is 0.807. The first-order valence-corrected chi connectivity index (χ1v) is 6.22. The molecule has 0 spiro atoms. The highest BCUT2D eigenvalue weighted by molar-refractivity contribution is 5.24. The molecule has 2 rings (SSSR count). The van der Waals surface area contributed by atoms with E-state index in [1.54, 1.807) is 18.3 Å². The van der Waals surface area contributed by atoms with Crippen molar-refractivity contribution in [3.8, 4) is 0 Å². The number of halogens is 2. The predicted octanol–water partition coefficient (Wildman–Crippen LogP) is 3.35. The van der Waals surface area contributed by atoms with Gasteiger partial charge < -0.3 is 5.32 Å². The Bertz CT molecular complexity index is 501. The molecular weight excluding hydrogens is 246 g/mol. The SMILES string of the molecule is FC(F)c1cccc(CNCCc2cccnc2)c1. The second-order valence-corrected chi connectivity index (χ2v) is 4.33. The number of hydrogen-bond acceptors (Lipinski definition) is 2. The Morgan fingerprint density at radius 3 is 2.68 bits per heavy atom. The molecule has 0 aliphatic carbocycles. The van der Waals surface area contributed by atoms with E-state index in [0.29, 0.717) is 6.54 Å². The highest BCUT2D eigenvalue weighted by Crippen LogP contribution is 2.19. The fourth-order valence-corrected chi connectivity index (χ4v) is 1.85. The summed E-state index contributed by atoms with van der Waals surface area (Å²) in [5.74, 6) is 0. The van der Waals surface area contributed by atoms with Gasteiger partial charge in [-0.15, -0.1) is 0 Å². The van der Waals surface area contributed by atoms with Crippen LogP contribution < -0.4 is 5.32 Å². The smallest absolute Gasteiger partial charge is 0.263 e. The fraction of sp³-hybridized carbons (Fsp3) is 0.267. The molecule has 2 aromatic rings. The van der Waals surface area contributed by atoms with Crippen LogP contribution in [-0.2, 0) is 13.0 Å². The lowest BCUT2D eigenvalue weighted by Crippen LogP contribution is -2.16. The maximum absolute atomic E-state index is 12.5. The minimum atomic E-state index is -2.41. The highest BCUT2D eigenvalue weighted by atomic mass is 19.3. The van der Waals surface area contributed by atoms with Crippen molar-refractivity contribution in [2.45, 2.75) is 19.4 Å². The molecule has 0 saturated heterocycles. The highest BCUT2D eigenvalue weighted by Gasteiger charge is 2.06. The second-order valence-electron chi connectivity index (χ2n) is 4.33. The van der Waals surface area contributed by atoms with Crippen LogP contribution in [0.2, 0.25) is 0 Å². The number of benzene rings is 1. The van der Waals surface area contributed by atoms with Crippen LogP contribution in [0.3, 0.4) is 0 Å². The molecule has 2 nitrogen and oxygen atoms in total. The zero-order valence-corrected chi connectivity index (χ0v) is 10.5. The molecule has 19 heavy (non-hydrogen) atoms. The number of nitrogens with one attached hydrogen (secondary N) is 1. The Morgan fingerprint density at radius 1 is 1.11 bits per heavy atom. The molecule has 1 heterocycles. The molecule has 1 aromatic carbocycles. The Labute approximate surface area is 111 Å². The molecule has 0 fully saturated rings. The Morgan fingerprint density at radius 2 is 1.95 bits per heavy atom. The maximum atomic E-state index is 12.5. The van der Waals surface area contributed by atoms with Crippen molar-refractivity contribution in [2.75, 3.05) is 6.54 Å². The summed E-state index contributed by atoms with van der Waals surface area (Å²) in [5, 5.41) is 3.24. The lowest BCUT2D eigenvalue weighted by molar-refractivity contribution is 0.151. The average Bonchev–Trinajstić information content (AvgIpc) is 2.45. The van der Waals surface area contributed by atoms with Crippen LogP contribution in [0.15, 0.2) is 48.8 Å². The van der Waals surface area contributed by atoms with Crippen molar-refractivity contribution in [3.63, 3.8) is 0 Å². The van der Waals surface area contributed by atoms with Crippen molar-refractivity contribution in [3.05, 3.63) is 65.5 Å².